The van der Waals surface area contributed by atoms with Gasteiger partial charge in [0.1, 0.15) is 6.54 Å². The largest absolute Gasteiger partial charge is 0.454 e. The number of aryl methyl sites for hydroxylation is 1. The molecule has 2 heterocycles. The van der Waals surface area contributed by atoms with Crippen LogP contribution in [0, 0.1) is 10.1 Å². The first-order valence-corrected chi connectivity index (χ1v) is 10.4. The Kier molecular flexibility index (Phi) is 5.82. The Balaban J connectivity index is 1.51. The molecule has 0 aromatic heterocycles. The van der Waals surface area contributed by atoms with Crippen LogP contribution >= 0.6 is 11.8 Å². The zero-order valence-corrected chi connectivity index (χ0v) is 17.6. The van der Waals surface area contributed by atoms with Crippen LogP contribution in [0.3, 0.4) is 0 Å². The summed E-state index contributed by atoms with van der Waals surface area (Å²) >= 11 is 0.607. The molecule has 0 radical (unpaired) electrons. The number of nitro benzene ring substituents is 1. The lowest BCUT2D eigenvalue weighted by molar-refractivity contribution is -0.385. The summed E-state index contributed by atoms with van der Waals surface area (Å²) in [7, 11) is 0. The highest BCUT2D eigenvalue weighted by atomic mass is 32.2. The van der Waals surface area contributed by atoms with Gasteiger partial charge in [0.15, 0.2) is 11.5 Å². The Morgan fingerprint density at radius 1 is 1.22 bits per heavy atom. The van der Waals surface area contributed by atoms with E-state index >= 15 is 0 Å². The minimum Gasteiger partial charge on any atom is -0.454 e. The van der Waals surface area contributed by atoms with Gasteiger partial charge >= 0.3 is 0 Å². The van der Waals surface area contributed by atoms with Crippen LogP contribution in [-0.2, 0) is 16.0 Å². The fraction of sp³-hybridized carbons (Fsp3) is 0.190. The number of benzene rings is 2. The molecule has 4 rings (SSSR count). The Morgan fingerprint density at radius 2 is 1.91 bits per heavy atom. The number of hydrogen-bond donors (Lipinski definition) is 1. The highest BCUT2D eigenvalue weighted by Gasteiger charge is 2.37. The first-order chi connectivity index (χ1) is 15.4. The van der Waals surface area contributed by atoms with Crippen molar-refractivity contribution in [1.82, 2.24) is 4.90 Å². The van der Waals surface area contributed by atoms with E-state index in [9.17, 15) is 24.5 Å². The lowest BCUT2D eigenvalue weighted by atomic mass is 10.1. The normalized spacial score (nSPS) is 16.0. The standard InChI is InChI=1S/C21H17N3O7S/c1-2-12-3-5-14(6-4-12)22-19(25)10-23-20(26)18(32-21(23)27)8-13-7-16-17(31-11-30-16)9-15(13)24(28)29/h3-9H,2,10-11H2,1H3,(H,22,25)/b18-8-. The summed E-state index contributed by atoms with van der Waals surface area (Å²) in [6, 6.07) is 9.80. The zero-order valence-electron chi connectivity index (χ0n) is 16.8. The van der Waals surface area contributed by atoms with Crippen molar-refractivity contribution in [1.29, 1.82) is 0 Å². The summed E-state index contributed by atoms with van der Waals surface area (Å²) in [6.45, 7) is 1.47. The van der Waals surface area contributed by atoms with Crippen molar-refractivity contribution in [2.24, 2.45) is 0 Å². The smallest absolute Gasteiger partial charge is 0.294 e. The SMILES string of the molecule is CCc1ccc(NC(=O)CN2C(=O)S/C(=C\c3cc4c(cc3[N+](=O)[O-])OCO4)C2=O)cc1. The van der Waals surface area contributed by atoms with E-state index in [-0.39, 0.29) is 28.7 Å². The van der Waals surface area contributed by atoms with Crippen LogP contribution in [0.25, 0.3) is 6.08 Å². The molecule has 32 heavy (non-hydrogen) atoms. The minimum absolute atomic E-state index is 0.0305. The molecule has 0 unspecified atom stereocenters. The van der Waals surface area contributed by atoms with Gasteiger partial charge in [0, 0.05) is 5.69 Å². The van der Waals surface area contributed by atoms with E-state index in [1.807, 2.05) is 19.1 Å². The van der Waals surface area contributed by atoms with Gasteiger partial charge in [-0.2, -0.15) is 0 Å². The van der Waals surface area contributed by atoms with Gasteiger partial charge in [0.25, 0.3) is 16.8 Å². The summed E-state index contributed by atoms with van der Waals surface area (Å²) in [5.74, 6) is -0.713. The van der Waals surface area contributed by atoms with Crippen LogP contribution < -0.4 is 14.8 Å². The van der Waals surface area contributed by atoms with Gasteiger partial charge in [-0.1, -0.05) is 19.1 Å². The third-order valence-corrected chi connectivity index (χ3v) is 5.73. The number of thioether (sulfide) groups is 1. The Bertz CT molecular complexity index is 1160. The summed E-state index contributed by atoms with van der Waals surface area (Å²) < 4.78 is 10.4. The first kappa shape index (κ1) is 21.4. The summed E-state index contributed by atoms with van der Waals surface area (Å²) in [6.07, 6.45) is 2.10. The maximum absolute atomic E-state index is 12.7. The van der Waals surface area contributed by atoms with Gasteiger partial charge in [0.2, 0.25) is 12.7 Å². The van der Waals surface area contributed by atoms with Crippen LogP contribution in [0.15, 0.2) is 41.3 Å². The molecule has 11 heteroatoms. The number of ether oxygens (including phenoxy) is 2. The van der Waals surface area contributed by atoms with Crippen molar-refractivity contribution >= 4 is 46.3 Å². The molecule has 1 fully saturated rings. The second-order valence-corrected chi connectivity index (χ2v) is 7.88. The second kappa shape index (κ2) is 8.71. The topological polar surface area (TPSA) is 128 Å². The number of fused-ring (bicyclic) bond motifs is 1. The summed E-state index contributed by atoms with van der Waals surface area (Å²) in [5, 5.41) is 13.4. The quantitative estimate of drug-likeness (QED) is 0.398. The number of nitrogens with zero attached hydrogens (tertiary/aromatic N) is 2. The van der Waals surface area contributed by atoms with Crippen LogP contribution in [0.2, 0.25) is 0 Å². The number of nitro groups is 1. The number of nitrogens with one attached hydrogen (secondary N) is 1. The molecular formula is C21H17N3O7S. The molecule has 0 bridgehead atoms. The molecule has 0 saturated carbocycles. The molecule has 0 spiro atoms. The highest BCUT2D eigenvalue weighted by Crippen LogP contribution is 2.40. The lowest BCUT2D eigenvalue weighted by Gasteiger charge is -2.12. The van der Waals surface area contributed by atoms with Gasteiger partial charge in [-0.3, -0.25) is 29.4 Å². The third kappa shape index (κ3) is 4.28. The monoisotopic (exact) mass is 455 g/mol. The lowest BCUT2D eigenvalue weighted by Crippen LogP contribution is -2.36. The molecule has 1 saturated heterocycles. The van der Waals surface area contributed by atoms with Crippen molar-refractivity contribution in [3.8, 4) is 11.5 Å². The first-order valence-electron chi connectivity index (χ1n) is 9.58. The number of carbonyl (C=O) groups excluding carboxylic acids is 3. The molecule has 2 aromatic rings. The minimum atomic E-state index is -0.705. The van der Waals surface area contributed by atoms with Crippen molar-refractivity contribution in [2.75, 3.05) is 18.7 Å². The average Bonchev–Trinajstić information content (AvgIpc) is 3.33. The summed E-state index contributed by atoms with van der Waals surface area (Å²) in [5.41, 5.74) is 1.45. The number of amides is 3. The number of hydrogen-bond acceptors (Lipinski definition) is 8. The molecule has 2 aromatic carbocycles. The van der Waals surface area contributed by atoms with Crippen molar-refractivity contribution in [3.63, 3.8) is 0 Å². The molecule has 0 atom stereocenters. The molecule has 164 valence electrons. The van der Waals surface area contributed by atoms with E-state index in [1.54, 1.807) is 12.1 Å². The molecule has 10 nitrogen and oxygen atoms in total. The Labute approximate surface area is 186 Å². The third-order valence-electron chi connectivity index (χ3n) is 4.83. The van der Waals surface area contributed by atoms with Gasteiger partial charge < -0.3 is 14.8 Å². The molecule has 2 aliphatic heterocycles. The average molecular weight is 455 g/mol. The maximum atomic E-state index is 12.7. The maximum Gasteiger partial charge on any atom is 0.294 e. The number of carbonyl (C=O) groups is 3. The highest BCUT2D eigenvalue weighted by molar-refractivity contribution is 8.18. The summed E-state index contributed by atoms with van der Waals surface area (Å²) in [4.78, 5) is 49.0. The van der Waals surface area contributed by atoms with E-state index in [2.05, 4.69) is 5.32 Å². The van der Waals surface area contributed by atoms with E-state index in [0.717, 1.165) is 16.9 Å². The van der Waals surface area contributed by atoms with Crippen LogP contribution in [0.5, 0.6) is 11.5 Å². The van der Waals surface area contributed by atoms with Crippen LogP contribution in [0.1, 0.15) is 18.1 Å². The number of imide groups is 1. The molecule has 1 N–H and O–H groups in total. The fourth-order valence-corrected chi connectivity index (χ4v) is 4.00. The number of anilines is 1. The van der Waals surface area contributed by atoms with Crippen molar-refractivity contribution in [3.05, 3.63) is 62.5 Å². The second-order valence-electron chi connectivity index (χ2n) is 6.89. The Morgan fingerprint density at radius 3 is 2.56 bits per heavy atom. The van der Waals surface area contributed by atoms with Crippen molar-refractivity contribution in [2.45, 2.75) is 13.3 Å². The Hall–Kier alpha value is -3.86. The molecule has 0 aliphatic carbocycles. The number of rotatable bonds is 6. The van der Waals surface area contributed by atoms with Gasteiger partial charge in [-0.15, -0.1) is 0 Å². The van der Waals surface area contributed by atoms with Gasteiger partial charge in [0.05, 0.1) is 21.5 Å². The van der Waals surface area contributed by atoms with Crippen LogP contribution in [-0.4, -0.2) is 40.2 Å². The van der Waals surface area contributed by atoms with E-state index in [4.69, 9.17) is 9.47 Å². The predicted molar refractivity (Wildman–Crippen MR) is 116 cm³/mol. The molecular weight excluding hydrogens is 438 g/mol. The van der Waals surface area contributed by atoms with E-state index in [1.165, 1.54) is 18.2 Å². The van der Waals surface area contributed by atoms with Crippen LogP contribution in [0.4, 0.5) is 16.2 Å². The molecule has 3 amide bonds. The van der Waals surface area contributed by atoms with E-state index in [0.29, 0.717) is 23.2 Å². The van der Waals surface area contributed by atoms with Crippen molar-refractivity contribution < 1.29 is 28.8 Å². The van der Waals surface area contributed by atoms with E-state index < -0.39 is 28.5 Å². The fourth-order valence-electron chi connectivity index (χ4n) is 3.17. The van der Waals surface area contributed by atoms with Gasteiger partial charge in [-0.05, 0) is 48.0 Å². The van der Waals surface area contributed by atoms with Gasteiger partial charge in [-0.25, -0.2) is 0 Å². The molecule has 2 aliphatic rings. The zero-order chi connectivity index (χ0) is 22.8. The predicted octanol–water partition coefficient (Wildman–Crippen LogP) is 3.56.